The molecule has 0 aromatic carbocycles. The molecule has 0 radical (unpaired) electrons. The van der Waals surface area contributed by atoms with Crippen molar-refractivity contribution in [3.8, 4) is 0 Å². The van der Waals surface area contributed by atoms with E-state index in [9.17, 15) is 4.39 Å². The second-order valence-corrected chi connectivity index (χ2v) is 3.82. The molecule has 1 N–H and O–H groups in total. The molecule has 16 heavy (non-hydrogen) atoms. The summed E-state index contributed by atoms with van der Waals surface area (Å²) in [6.45, 7) is 0. The van der Waals surface area contributed by atoms with Crippen molar-refractivity contribution in [1.29, 1.82) is 0 Å². The standard InChI is InChI=1S/C8H9FN6S/c1-10-7-11-3-5(9)6(14-7)16-8-12-4-13-15(8)2/h3-4H,1-2H3,(H,10,11,14). The van der Waals surface area contributed by atoms with Crippen LogP contribution in [0.4, 0.5) is 10.3 Å². The minimum Gasteiger partial charge on any atom is -0.357 e. The topological polar surface area (TPSA) is 68.5 Å². The Morgan fingerprint density at radius 1 is 1.44 bits per heavy atom. The van der Waals surface area contributed by atoms with E-state index in [4.69, 9.17) is 0 Å². The fraction of sp³-hybridized carbons (Fsp3) is 0.250. The van der Waals surface area contributed by atoms with Crippen LogP contribution in [0.5, 0.6) is 0 Å². The first kappa shape index (κ1) is 10.8. The van der Waals surface area contributed by atoms with Crippen LogP contribution in [-0.2, 0) is 7.05 Å². The third-order valence-electron chi connectivity index (χ3n) is 1.79. The molecule has 2 rings (SSSR count). The Kier molecular flexibility index (Phi) is 3.00. The van der Waals surface area contributed by atoms with Gasteiger partial charge in [0.25, 0.3) is 0 Å². The summed E-state index contributed by atoms with van der Waals surface area (Å²) in [4.78, 5) is 11.7. The predicted molar refractivity (Wildman–Crippen MR) is 56.7 cm³/mol. The highest BCUT2D eigenvalue weighted by molar-refractivity contribution is 7.99. The lowest BCUT2D eigenvalue weighted by Crippen LogP contribution is -2.00. The summed E-state index contributed by atoms with van der Waals surface area (Å²) in [6.07, 6.45) is 2.53. The molecular weight excluding hydrogens is 231 g/mol. The number of aryl methyl sites for hydroxylation is 1. The Morgan fingerprint density at radius 2 is 2.25 bits per heavy atom. The molecule has 0 atom stereocenters. The molecule has 0 saturated heterocycles. The molecule has 2 aromatic heterocycles. The second-order valence-electron chi connectivity index (χ2n) is 2.86. The normalized spacial score (nSPS) is 10.4. The van der Waals surface area contributed by atoms with Gasteiger partial charge in [0.15, 0.2) is 11.0 Å². The average Bonchev–Trinajstić information content (AvgIpc) is 2.68. The lowest BCUT2D eigenvalue weighted by atomic mass is 10.6. The van der Waals surface area contributed by atoms with E-state index in [0.29, 0.717) is 11.1 Å². The number of halogens is 1. The quantitative estimate of drug-likeness (QED) is 0.805. The monoisotopic (exact) mass is 240 g/mol. The van der Waals surface area contributed by atoms with Crippen LogP contribution in [0.3, 0.4) is 0 Å². The lowest BCUT2D eigenvalue weighted by Gasteiger charge is -2.03. The summed E-state index contributed by atoms with van der Waals surface area (Å²) in [5.74, 6) is -0.113. The van der Waals surface area contributed by atoms with Gasteiger partial charge in [0.2, 0.25) is 5.95 Å². The molecule has 0 unspecified atom stereocenters. The molecule has 0 saturated carbocycles. The first-order valence-electron chi connectivity index (χ1n) is 4.43. The van der Waals surface area contributed by atoms with Gasteiger partial charge >= 0.3 is 0 Å². The SMILES string of the molecule is CNc1ncc(F)c(Sc2ncnn2C)n1. The summed E-state index contributed by atoms with van der Waals surface area (Å²) < 4.78 is 14.9. The second kappa shape index (κ2) is 4.44. The van der Waals surface area contributed by atoms with E-state index in [2.05, 4.69) is 25.4 Å². The molecule has 8 heteroatoms. The third kappa shape index (κ3) is 2.11. The van der Waals surface area contributed by atoms with Crippen LogP contribution in [0.25, 0.3) is 0 Å². The molecule has 0 aliphatic carbocycles. The Labute approximate surface area is 95.3 Å². The minimum absolute atomic E-state index is 0.218. The van der Waals surface area contributed by atoms with Crippen molar-refractivity contribution >= 4 is 17.7 Å². The number of anilines is 1. The van der Waals surface area contributed by atoms with Gasteiger partial charge in [-0.15, -0.1) is 0 Å². The maximum atomic E-state index is 13.4. The van der Waals surface area contributed by atoms with Crippen molar-refractivity contribution in [3.63, 3.8) is 0 Å². The molecule has 2 heterocycles. The predicted octanol–water partition coefficient (Wildman–Crippen LogP) is 0.937. The third-order valence-corrected chi connectivity index (χ3v) is 2.83. The van der Waals surface area contributed by atoms with E-state index in [1.54, 1.807) is 18.8 Å². The fourth-order valence-electron chi connectivity index (χ4n) is 1.01. The van der Waals surface area contributed by atoms with Crippen LogP contribution in [0, 0.1) is 5.82 Å². The highest BCUT2D eigenvalue weighted by Crippen LogP contribution is 2.25. The van der Waals surface area contributed by atoms with Crippen molar-refractivity contribution in [2.75, 3.05) is 12.4 Å². The Bertz CT molecular complexity index is 499. The van der Waals surface area contributed by atoms with Crippen LogP contribution in [0.15, 0.2) is 22.7 Å². The van der Waals surface area contributed by atoms with E-state index < -0.39 is 5.82 Å². The smallest absolute Gasteiger partial charge is 0.223 e. The van der Waals surface area contributed by atoms with Crippen LogP contribution in [0.1, 0.15) is 0 Å². The minimum atomic E-state index is -0.480. The van der Waals surface area contributed by atoms with Crippen LogP contribution < -0.4 is 5.32 Å². The van der Waals surface area contributed by atoms with E-state index in [0.717, 1.165) is 18.0 Å². The largest absolute Gasteiger partial charge is 0.357 e. The maximum absolute atomic E-state index is 13.4. The van der Waals surface area contributed by atoms with Gasteiger partial charge in [-0.3, -0.25) is 0 Å². The van der Waals surface area contributed by atoms with Gasteiger partial charge in [0, 0.05) is 14.1 Å². The van der Waals surface area contributed by atoms with Gasteiger partial charge in [0.1, 0.15) is 11.4 Å². The molecule has 2 aromatic rings. The Balaban J connectivity index is 2.30. The highest BCUT2D eigenvalue weighted by Gasteiger charge is 2.11. The zero-order valence-electron chi connectivity index (χ0n) is 8.68. The maximum Gasteiger partial charge on any atom is 0.223 e. The van der Waals surface area contributed by atoms with Gasteiger partial charge in [0.05, 0.1) is 6.20 Å². The number of rotatable bonds is 3. The molecule has 0 spiro atoms. The van der Waals surface area contributed by atoms with E-state index >= 15 is 0 Å². The summed E-state index contributed by atoms with van der Waals surface area (Å²) in [5, 5.41) is 7.42. The summed E-state index contributed by atoms with van der Waals surface area (Å²) in [6, 6.07) is 0. The van der Waals surface area contributed by atoms with Gasteiger partial charge in [-0.1, -0.05) is 0 Å². The van der Waals surface area contributed by atoms with Gasteiger partial charge in [-0.2, -0.15) is 5.10 Å². The molecule has 84 valence electrons. The number of aromatic nitrogens is 5. The van der Waals surface area contributed by atoms with Crippen molar-refractivity contribution < 1.29 is 4.39 Å². The van der Waals surface area contributed by atoms with Crippen LogP contribution in [0.2, 0.25) is 0 Å². The first-order valence-corrected chi connectivity index (χ1v) is 5.24. The van der Waals surface area contributed by atoms with Gasteiger partial charge in [-0.05, 0) is 11.8 Å². The lowest BCUT2D eigenvalue weighted by molar-refractivity contribution is 0.578. The highest BCUT2D eigenvalue weighted by atomic mass is 32.2. The fourth-order valence-corrected chi connectivity index (χ4v) is 1.74. The molecule has 6 nitrogen and oxygen atoms in total. The Hall–Kier alpha value is -1.70. The first-order chi connectivity index (χ1) is 7.70. The Morgan fingerprint density at radius 3 is 2.88 bits per heavy atom. The van der Waals surface area contributed by atoms with Crippen molar-refractivity contribution in [2.24, 2.45) is 7.05 Å². The van der Waals surface area contributed by atoms with E-state index in [1.807, 2.05) is 0 Å². The summed E-state index contributed by atoms with van der Waals surface area (Å²) in [7, 11) is 3.40. The van der Waals surface area contributed by atoms with Crippen LogP contribution >= 0.6 is 11.8 Å². The van der Waals surface area contributed by atoms with E-state index in [1.165, 1.54) is 6.33 Å². The molecule has 0 amide bonds. The number of hydrogen-bond donors (Lipinski definition) is 1. The molecule has 0 fully saturated rings. The molecular formula is C8H9FN6S. The zero-order valence-corrected chi connectivity index (χ0v) is 9.49. The van der Waals surface area contributed by atoms with E-state index in [-0.39, 0.29) is 5.03 Å². The average molecular weight is 240 g/mol. The number of nitrogens with zero attached hydrogens (tertiary/aromatic N) is 5. The summed E-state index contributed by atoms with van der Waals surface area (Å²) in [5.41, 5.74) is 0. The van der Waals surface area contributed by atoms with Crippen molar-refractivity contribution in [1.82, 2.24) is 24.7 Å². The van der Waals surface area contributed by atoms with Gasteiger partial charge < -0.3 is 5.32 Å². The molecule has 0 aliphatic rings. The number of hydrogen-bond acceptors (Lipinski definition) is 6. The van der Waals surface area contributed by atoms with Gasteiger partial charge in [-0.25, -0.2) is 24.0 Å². The molecule has 0 bridgehead atoms. The summed E-state index contributed by atoms with van der Waals surface area (Å²) >= 11 is 1.10. The van der Waals surface area contributed by atoms with Crippen molar-refractivity contribution in [2.45, 2.75) is 10.2 Å². The van der Waals surface area contributed by atoms with Crippen LogP contribution in [-0.4, -0.2) is 31.8 Å². The van der Waals surface area contributed by atoms with Crippen molar-refractivity contribution in [3.05, 3.63) is 18.3 Å². The molecule has 0 aliphatic heterocycles. The zero-order chi connectivity index (χ0) is 11.5. The number of nitrogens with one attached hydrogen (secondary N) is 1.